The third-order valence-electron chi connectivity index (χ3n) is 5.40. The summed E-state index contributed by atoms with van der Waals surface area (Å²) in [7, 11) is 0. The Balaban J connectivity index is 2.02. The van der Waals surface area contributed by atoms with Crippen LogP contribution >= 0.6 is 0 Å². The first-order valence-corrected chi connectivity index (χ1v) is 8.39. The van der Waals surface area contributed by atoms with Crippen LogP contribution in [0.1, 0.15) is 78.6 Å². The minimum Gasteiger partial charge on any atom is -0.314 e. The van der Waals surface area contributed by atoms with Gasteiger partial charge in [0, 0.05) is 6.04 Å². The number of hydrogen-bond donors (Lipinski definition) is 1. The first-order valence-electron chi connectivity index (χ1n) is 8.39. The van der Waals surface area contributed by atoms with Gasteiger partial charge in [-0.3, -0.25) is 0 Å². The van der Waals surface area contributed by atoms with Crippen LogP contribution in [0, 0.1) is 17.3 Å². The van der Waals surface area contributed by atoms with Crippen molar-refractivity contribution in [1.29, 1.82) is 0 Å². The van der Waals surface area contributed by atoms with E-state index in [-0.39, 0.29) is 0 Å². The fourth-order valence-corrected chi connectivity index (χ4v) is 4.45. The molecule has 0 saturated heterocycles. The number of hydrogen-bond acceptors (Lipinski definition) is 1. The quantitative estimate of drug-likeness (QED) is 0.688. The maximum atomic E-state index is 3.87. The van der Waals surface area contributed by atoms with Crippen molar-refractivity contribution >= 4 is 0 Å². The van der Waals surface area contributed by atoms with Crippen molar-refractivity contribution in [2.24, 2.45) is 17.3 Å². The Hall–Kier alpha value is -0.0400. The molecule has 18 heavy (non-hydrogen) atoms. The minimum atomic E-state index is 0.639. The maximum Gasteiger partial charge on any atom is 0.0126 e. The van der Waals surface area contributed by atoms with Gasteiger partial charge in [-0.05, 0) is 49.5 Å². The van der Waals surface area contributed by atoms with Crippen LogP contribution in [0.2, 0.25) is 0 Å². The second-order valence-corrected chi connectivity index (χ2v) is 7.31. The van der Waals surface area contributed by atoms with E-state index in [0.717, 1.165) is 24.4 Å². The molecule has 2 aliphatic carbocycles. The molecule has 1 nitrogen and oxygen atoms in total. The second kappa shape index (κ2) is 6.41. The van der Waals surface area contributed by atoms with E-state index in [2.05, 4.69) is 26.1 Å². The molecule has 0 radical (unpaired) electrons. The molecule has 0 aromatic heterocycles. The molecule has 2 rings (SSSR count). The van der Waals surface area contributed by atoms with Gasteiger partial charge in [0.25, 0.3) is 0 Å². The molecule has 1 atom stereocenters. The SMILES string of the molecule is CCNC(CC1CCC1)C1(CC(C)C)CCCC1. The lowest BCUT2D eigenvalue weighted by molar-refractivity contribution is 0.117. The molecule has 0 spiro atoms. The van der Waals surface area contributed by atoms with Gasteiger partial charge in [0.2, 0.25) is 0 Å². The summed E-state index contributed by atoms with van der Waals surface area (Å²) in [4.78, 5) is 0. The molecule has 0 aromatic carbocycles. The third-order valence-corrected chi connectivity index (χ3v) is 5.40. The zero-order valence-corrected chi connectivity index (χ0v) is 12.8. The summed E-state index contributed by atoms with van der Waals surface area (Å²) >= 11 is 0. The average Bonchev–Trinajstić information content (AvgIpc) is 2.70. The lowest BCUT2D eigenvalue weighted by Crippen LogP contribution is -2.46. The Morgan fingerprint density at radius 3 is 2.22 bits per heavy atom. The molecule has 1 unspecified atom stereocenters. The van der Waals surface area contributed by atoms with Crippen LogP contribution in [0.25, 0.3) is 0 Å². The van der Waals surface area contributed by atoms with Crippen molar-refractivity contribution < 1.29 is 0 Å². The Kier molecular flexibility index (Phi) is 5.12. The molecule has 2 fully saturated rings. The Labute approximate surface area is 114 Å². The standard InChI is InChI=1S/C17H33N/c1-4-18-16(12-15-8-7-9-15)17(13-14(2)3)10-5-6-11-17/h14-16,18H,4-13H2,1-3H3. The van der Waals surface area contributed by atoms with Gasteiger partial charge >= 0.3 is 0 Å². The van der Waals surface area contributed by atoms with Gasteiger partial charge in [0.1, 0.15) is 0 Å². The third kappa shape index (κ3) is 3.29. The molecule has 2 saturated carbocycles. The van der Waals surface area contributed by atoms with E-state index in [1.807, 2.05) is 0 Å². The first kappa shape index (κ1) is 14.4. The summed E-state index contributed by atoms with van der Waals surface area (Å²) < 4.78 is 0. The highest BCUT2D eigenvalue weighted by Gasteiger charge is 2.42. The van der Waals surface area contributed by atoms with Gasteiger partial charge < -0.3 is 5.32 Å². The summed E-state index contributed by atoms with van der Waals surface area (Å²) in [6.45, 7) is 8.25. The number of nitrogens with one attached hydrogen (secondary N) is 1. The molecule has 0 aromatic rings. The highest BCUT2D eigenvalue weighted by molar-refractivity contribution is 4.96. The van der Waals surface area contributed by atoms with Crippen LogP contribution in [-0.2, 0) is 0 Å². The van der Waals surface area contributed by atoms with Crippen LogP contribution in [0.15, 0.2) is 0 Å². The van der Waals surface area contributed by atoms with Gasteiger partial charge in [-0.1, -0.05) is 52.9 Å². The zero-order chi connectivity index (χ0) is 13.0. The van der Waals surface area contributed by atoms with E-state index in [1.165, 1.54) is 57.8 Å². The smallest absolute Gasteiger partial charge is 0.0126 e. The lowest BCUT2D eigenvalue weighted by atomic mass is 9.67. The van der Waals surface area contributed by atoms with E-state index < -0.39 is 0 Å². The fourth-order valence-electron chi connectivity index (χ4n) is 4.45. The van der Waals surface area contributed by atoms with Crippen LogP contribution < -0.4 is 5.32 Å². The van der Waals surface area contributed by atoms with Crippen molar-refractivity contribution in [1.82, 2.24) is 5.32 Å². The zero-order valence-electron chi connectivity index (χ0n) is 12.8. The van der Waals surface area contributed by atoms with Crippen LogP contribution in [0.3, 0.4) is 0 Å². The van der Waals surface area contributed by atoms with Gasteiger partial charge in [0.15, 0.2) is 0 Å². The minimum absolute atomic E-state index is 0.639. The van der Waals surface area contributed by atoms with Crippen molar-refractivity contribution in [3.8, 4) is 0 Å². The Morgan fingerprint density at radius 2 is 1.78 bits per heavy atom. The highest BCUT2D eigenvalue weighted by atomic mass is 14.9. The molecule has 0 amide bonds. The van der Waals surface area contributed by atoms with Crippen LogP contribution in [0.4, 0.5) is 0 Å². The van der Waals surface area contributed by atoms with E-state index in [1.54, 1.807) is 0 Å². The molecule has 2 aliphatic rings. The predicted octanol–water partition coefficient (Wildman–Crippen LogP) is 4.76. The molecule has 1 heteroatoms. The molecule has 0 heterocycles. The Bertz CT molecular complexity index is 236. The van der Waals surface area contributed by atoms with Crippen molar-refractivity contribution in [2.75, 3.05) is 6.54 Å². The summed E-state index contributed by atoms with van der Waals surface area (Å²) in [5, 5.41) is 3.87. The monoisotopic (exact) mass is 251 g/mol. The normalized spacial score (nSPS) is 25.3. The molecular formula is C17H33N. The largest absolute Gasteiger partial charge is 0.314 e. The van der Waals surface area contributed by atoms with Gasteiger partial charge in [0.05, 0.1) is 0 Å². The summed E-state index contributed by atoms with van der Waals surface area (Å²) in [5.41, 5.74) is 0.639. The fraction of sp³-hybridized carbons (Fsp3) is 1.00. The topological polar surface area (TPSA) is 12.0 Å². The number of rotatable bonds is 7. The van der Waals surface area contributed by atoms with E-state index in [4.69, 9.17) is 0 Å². The molecule has 1 N–H and O–H groups in total. The van der Waals surface area contributed by atoms with Gasteiger partial charge in [-0.2, -0.15) is 0 Å². The van der Waals surface area contributed by atoms with E-state index >= 15 is 0 Å². The summed E-state index contributed by atoms with van der Waals surface area (Å²) in [6.07, 6.45) is 13.3. The first-order chi connectivity index (χ1) is 8.66. The van der Waals surface area contributed by atoms with Crippen molar-refractivity contribution in [2.45, 2.75) is 84.6 Å². The van der Waals surface area contributed by atoms with E-state index in [9.17, 15) is 0 Å². The molecular weight excluding hydrogens is 218 g/mol. The van der Waals surface area contributed by atoms with Crippen molar-refractivity contribution in [3.05, 3.63) is 0 Å². The van der Waals surface area contributed by atoms with Gasteiger partial charge in [-0.15, -0.1) is 0 Å². The lowest BCUT2D eigenvalue weighted by Gasteiger charge is -2.43. The molecule has 0 bridgehead atoms. The molecule has 0 aliphatic heterocycles. The average molecular weight is 251 g/mol. The van der Waals surface area contributed by atoms with E-state index in [0.29, 0.717) is 5.41 Å². The second-order valence-electron chi connectivity index (χ2n) is 7.31. The van der Waals surface area contributed by atoms with Gasteiger partial charge in [-0.25, -0.2) is 0 Å². The summed E-state index contributed by atoms with van der Waals surface area (Å²) in [5.74, 6) is 1.89. The highest BCUT2D eigenvalue weighted by Crippen LogP contribution is 2.48. The van der Waals surface area contributed by atoms with Crippen LogP contribution in [0.5, 0.6) is 0 Å². The Morgan fingerprint density at radius 1 is 1.11 bits per heavy atom. The summed E-state index contributed by atoms with van der Waals surface area (Å²) in [6, 6.07) is 0.803. The van der Waals surface area contributed by atoms with Crippen molar-refractivity contribution in [3.63, 3.8) is 0 Å². The van der Waals surface area contributed by atoms with Crippen LogP contribution in [-0.4, -0.2) is 12.6 Å². The maximum absolute atomic E-state index is 3.87. The predicted molar refractivity (Wildman–Crippen MR) is 79.8 cm³/mol. The molecule has 106 valence electrons.